The van der Waals surface area contributed by atoms with Gasteiger partial charge in [-0.3, -0.25) is 0 Å². The topological polar surface area (TPSA) is 87.6 Å². The number of hydrogen-bond donors (Lipinski definition) is 1. The third kappa shape index (κ3) is 4.53. The SMILES string of the molecule is C=CCn1c(SC(C)/C(O)=C(\C#N)c2nc3ccccc3s2)nnc1C1CCCCC1. The molecule has 1 aromatic carbocycles. The average molecular weight is 452 g/mol. The van der Waals surface area contributed by atoms with Crippen LogP contribution in [0.3, 0.4) is 0 Å². The van der Waals surface area contributed by atoms with Crippen LogP contribution in [0, 0.1) is 11.3 Å². The summed E-state index contributed by atoms with van der Waals surface area (Å²) in [5.74, 6) is 1.44. The predicted octanol–water partition coefficient (Wildman–Crippen LogP) is 6.09. The van der Waals surface area contributed by atoms with Crippen molar-refractivity contribution < 1.29 is 5.11 Å². The summed E-state index contributed by atoms with van der Waals surface area (Å²) in [6, 6.07) is 9.87. The lowest BCUT2D eigenvalue weighted by atomic mass is 9.89. The van der Waals surface area contributed by atoms with Crippen LogP contribution < -0.4 is 0 Å². The lowest BCUT2D eigenvalue weighted by Gasteiger charge is -2.21. The first-order valence-corrected chi connectivity index (χ1v) is 12.2. The van der Waals surface area contributed by atoms with Gasteiger partial charge in [-0.15, -0.1) is 28.1 Å². The number of thiazole rings is 1. The number of nitrogens with zero attached hydrogens (tertiary/aromatic N) is 5. The molecular weight excluding hydrogens is 426 g/mol. The molecule has 1 aliphatic rings. The number of aliphatic hydroxyl groups is 1. The molecule has 3 aromatic rings. The summed E-state index contributed by atoms with van der Waals surface area (Å²) in [7, 11) is 0. The molecule has 1 saturated carbocycles. The number of hydrogen-bond acceptors (Lipinski definition) is 7. The maximum Gasteiger partial charge on any atom is 0.192 e. The monoisotopic (exact) mass is 451 g/mol. The first kappa shape index (κ1) is 21.6. The highest BCUT2D eigenvalue weighted by Gasteiger charge is 2.26. The van der Waals surface area contributed by atoms with Crippen LogP contribution in [0.25, 0.3) is 15.8 Å². The van der Waals surface area contributed by atoms with E-state index in [0.29, 0.717) is 17.5 Å². The molecule has 160 valence electrons. The molecule has 1 N–H and O–H groups in total. The molecular formula is C23H25N5OS2. The summed E-state index contributed by atoms with van der Waals surface area (Å²) in [4.78, 5) is 4.53. The Morgan fingerprint density at radius 3 is 2.84 bits per heavy atom. The molecule has 8 heteroatoms. The Morgan fingerprint density at radius 1 is 1.35 bits per heavy atom. The number of rotatable bonds is 7. The second kappa shape index (κ2) is 9.67. The molecule has 1 atom stereocenters. The zero-order chi connectivity index (χ0) is 21.8. The van der Waals surface area contributed by atoms with Gasteiger partial charge in [0.1, 0.15) is 28.2 Å². The van der Waals surface area contributed by atoms with Crippen molar-refractivity contribution in [2.45, 2.75) is 61.9 Å². The summed E-state index contributed by atoms with van der Waals surface area (Å²) in [6.07, 6.45) is 7.85. The summed E-state index contributed by atoms with van der Waals surface area (Å²) in [6.45, 7) is 6.38. The lowest BCUT2D eigenvalue weighted by molar-refractivity contribution is 0.401. The number of aromatic nitrogens is 4. The van der Waals surface area contributed by atoms with Crippen LogP contribution in [-0.4, -0.2) is 30.1 Å². The fourth-order valence-electron chi connectivity index (χ4n) is 3.96. The summed E-state index contributed by atoms with van der Waals surface area (Å²) in [5, 5.41) is 30.5. The third-order valence-electron chi connectivity index (χ3n) is 5.57. The Kier molecular flexibility index (Phi) is 6.73. The maximum atomic E-state index is 10.9. The van der Waals surface area contributed by atoms with Crippen molar-refractivity contribution in [1.82, 2.24) is 19.7 Å². The summed E-state index contributed by atoms with van der Waals surface area (Å²) < 4.78 is 3.09. The fourth-order valence-corrected chi connectivity index (χ4v) is 5.86. The van der Waals surface area contributed by atoms with Crippen molar-refractivity contribution in [3.05, 3.63) is 53.5 Å². The van der Waals surface area contributed by atoms with Crippen LogP contribution in [0.15, 0.2) is 47.8 Å². The van der Waals surface area contributed by atoms with Gasteiger partial charge < -0.3 is 9.67 Å². The van der Waals surface area contributed by atoms with E-state index in [2.05, 4.69) is 32.4 Å². The highest BCUT2D eigenvalue weighted by molar-refractivity contribution is 7.99. The van der Waals surface area contributed by atoms with Crippen LogP contribution in [0.1, 0.15) is 55.8 Å². The first-order chi connectivity index (χ1) is 15.1. The average Bonchev–Trinajstić information content (AvgIpc) is 3.39. The smallest absolute Gasteiger partial charge is 0.192 e. The minimum atomic E-state index is -0.367. The van der Waals surface area contributed by atoms with Gasteiger partial charge in [0.05, 0.1) is 15.5 Å². The number of nitriles is 1. The molecule has 0 aliphatic heterocycles. The van der Waals surface area contributed by atoms with E-state index >= 15 is 0 Å². The first-order valence-electron chi connectivity index (χ1n) is 10.5. The molecule has 2 heterocycles. The fraction of sp³-hybridized carbons (Fsp3) is 0.391. The number of allylic oxidation sites excluding steroid dienone is 2. The highest BCUT2D eigenvalue weighted by Crippen LogP contribution is 2.36. The van der Waals surface area contributed by atoms with Gasteiger partial charge in [-0.1, -0.05) is 49.2 Å². The molecule has 31 heavy (non-hydrogen) atoms. The van der Waals surface area contributed by atoms with Gasteiger partial charge in [0.25, 0.3) is 0 Å². The lowest BCUT2D eigenvalue weighted by Crippen LogP contribution is -2.13. The summed E-state index contributed by atoms with van der Waals surface area (Å²) in [5.41, 5.74) is 1.04. The molecule has 1 fully saturated rings. The standard InChI is InChI=1S/C23H25N5OS2/c1-3-13-28-21(16-9-5-4-6-10-16)26-27-23(28)30-15(2)20(29)17(14-24)22-25-18-11-7-8-12-19(18)31-22/h3,7-8,11-12,15-16,29H,1,4-6,9-10,13H2,2H3/b20-17-. The number of thioether (sulfide) groups is 1. The van der Waals surface area contributed by atoms with E-state index in [9.17, 15) is 10.4 Å². The van der Waals surface area contributed by atoms with Gasteiger partial charge in [0, 0.05) is 12.5 Å². The summed E-state index contributed by atoms with van der Waals surface area (Å²) >= 11 is 2.82. The van der Waals surface area contributed by atoms with E-state index in [1.54, 1.807) is 0 Å². The Bertz CT molecular complexity index is 1120. The molecule has 2 aromatic heterocycles. The minimum Gasteiger partial charge on any atom is -0.510 e. The van der Waals surface area contributed by atoms with Gasteiger partial charge >= 0.3 is 0 Å². The molecule has 0 amide bonds. The molecule has 0 bridgehead atoms. The Balaban J connectivity index is 1.61. The quantitative estimate of drug-likeness (QED) is 0.202. The normalized spacial score (nSPS) is 16.6. The van der Waals surface area contributed by atoms with Crippen molar-refractivity contribution in [2.75, 3.05) is 0 Å². The molecule has 0 radical (unpaired) electrons. The van der Waals surface area contributed by atoms with Crippen LogP contribution in [0.2, 0.25) is 0 Å². The number of benzene rings is 1. The van der Waals surface area contributed by atoms with E-state index < -0.39 is 0 Å². The predicted molar refractivity (Wildman–Crippen MR) is 126 cm³/mol. The number of para-hydroxylation sites is 1. The van der Waals surface area contributed by atoms with E-state index in [0.717, 1.165) is 34.0 Å². The number of aliphatic hydroxyl groups excluding tert-OH is 1. The molecule has 0 spiro atoms. The van der Waals surface area contributed by atoms with Gasteiger partial charge in [0.15, 0.2) is 5.16 Å². The van der Waals surface area contributed by atoms with Crippen molar-refractivity contribution in [3.8, 4) is 6.07 Å². The Hall–Kier alpha value is -2.63. The molecule has 4 rings (SSSR count). The van der Waals surface area contributed by atoms with Gasteiger partial charge in [-0.2, -0.15) is 5.26 Å². The second-order valence-electron chi connectivity index (χ2n) is 7.69. The highest BCUT2D eigenvalue weighted by atomic mass is 32.2. The van der Waals surface area contributed by atoms with Crippen LogP contribution in [-0.2, 0) is 6.54 Å². The van der Waals surface area contributed by atoms with Crippen molar-refractivity contribution in [1.29, 1.82) is 5.26 Å². The van der Waals surface area contributed by atoms with Gasteiger partial charge in [-0.05, 0) is 31.9 Å². The molecule has 1 unspecified atom stereocenters. The van der Waals surface area contributed by atoms with Crippen LogP contribution in [0.5, 0.6) is 0 Å². The van der Waals surface area contributed by atoms with Crippen molar-refractivity contribution >= 4 is 38.9 Å². The van der Waals surface area contributed by atoms with Gasteiger partial charge in [-0.25, -0.2) is 4.98 Å². The molecule has 6 nitrogen and oxygen atoms in total. The Labute approximate surface area is 190 Å². The van der Waals surface area contributed by atoms with Crippen LogP contribution in [0.4, 0.5) is 0 Å². The maximum absolute atomic E-state index is 10.9. The van der Waals surface area contributed by atoms with E-state index in [1.807, 2.05) is 37.3 Å². The Morgan fingerprint density at radius 2 is 2.13 bits per heavy atom. The minimum absolute atomic E-state index is 0.0129. The third-order valence-corrected chi connectivity index (χ3v) is 7.71. The second-order valence-corrected chi connectivity index (χ2v) is 10.0. The van der Waals surface area contributed by atoms with Crippen molar-refractivity contribution in [3.63, 3.8) is 0 Å². The molecule has 0 saturated heterocycles. The zero-order valence-electron chi connectivity index (χ0n) is 17.5. The van der Waals surface area contributed by atoms with Gasteiger partial charge in [0.2, 0.25) is 0 Å². The van der Waals surface area contributed by atoms with Crippen LogP contribution >= 0.6 is 23.1 Å². The zero-order valence-corrected chi connectivity index (χ0v) is 19.1. The number of fused-ring (bicyclic) bond motifs is 1. The van der Waals surface area contributed by atoms with Crippen molar-refractivity contribution in [2.24, 2.45) is 0 Å². The molecule has 1 aliphatic carbocycles. The van der Waals surface area contributed by atoms with E-state index in [-0.39, 0.29) is 16.6 Å². The van der Waals surface area contributed by atoms with E-state index in [4.69, 9.17) is 0 Å². The van der Waals surface area contributed by atoms with E-state index in [1.165, 1.54) is 42.4 Å². The largest absolute Gasteiger partial charge is 0.510 e.